The van der Waals surface area contributed by atoms with Crippen LogP contribution in [-0.2, 0) is 21.2 Å². The number of hydrogen-bond donors (Lipinski definition) is 3. The van der Waals surface area contributed by atoms with Crippen LogP contribution in [0.5, 0.6) is 11.5 Å². The van der Waals surface area contributed by atoms with Gasteiger partial charge in [0.25, 0.3) is 11.8 Å². The smallest absolute Gasteiger partial charge is 0.257 e. The average molecular weight is 407 g/mol. The highest BCUT2D eigenvalue weighted by molar-refractivity contribution is 7.89. The van der Waals surface area contributed by atoms with Gasteiger partial charge in [0.1, 0.15) is 11.5 Å². The summed E-state index contributed by atoms with van der Waals surface area (Å²) in [5.74, 6) is -0.453. The average Bonchev–Trinajstić information content (AvgIpc) is 2.65. The van der Waals surface area contributed by atoms with Crippen molar-refractivity contribution in [2.75, 3.05) is 20.3 Å². The molecule has 0 radical (unpaired) electrons. The molecule has 0 saturated heterocycles. The number of sulfonamides is 1. The minimum absolute atomic E-state index is 0.0263. The van der Waals surface area contributed by atoms with Gasteiger partial charge in [-0.1, -0.05) is 12.1 Å². The van der Waals surface area contributed by atoms with Crippen molar-refractivity contribution >= 4 is 21.8 Å². The standard InChI is InChI=1S/C18H21N3O6S/c1-26-13-4-7-16(15(10-13)18(19)23)27-11-17(22)21-9-8-12-2-5-14(6-3-12)28(20,24)25/h2-7,10H,8-9,11H2,1H3,(H2,19,23)(H,21,22)(H2,20,24,25). The molecule has 0 saturated carbocycles. The summed E-state index contributed by atoms with van der Waals surface area (Å²) >= 11 is 0. The molecule has 2 rings (SSSR count). The van der Waals surface area contributed by atoms with Gasteiger partial charge in [-0.2, -0.15) is 0 Å². The van der Waals surface area contributed by atoms with Crippen molar-refractivity contribution in [3.8, 4) is 11.5 Å². The van der Waals surface area contributed by atoms with Gasteiger partial charge in [0, 0.05) is 6.54 Å². The molecule has 0 atom stereocenters. The van der Waals surface area contributed by atoms with Crippen LogP contribution >= 0.6 is 0 Å². The summed E-state index contributed by atoms with van der Waals surface area (Å²) in [5.41, 5.74) is 6.25. The fraction of sp³-hybridized carbons (Fsp3) is 0.222. The molecule has 0 unspecified atom stereocenters. The first-order valence-electron chi connectivity index (χ1n) is 8.20. The van der Waals surface area contributed by atoms with Crippen LogP contribution in [0.4, 0.5) is 0 Å². The lowest BCUT2D eigenvalue weighted by atomic mass is 10.1. The molecular formula is C18H21N3O6S. The van der Waals surface area contributed by atoms with E-state index in [0.29, 0.717) is 18.7 Å². The number of carbonyl (C=O) groups is 2. The first kappa shape index (κ1) is 21.2. The number of rotatable bonds is 9. The highest BCUT2D eigenvalue weighted by atomic mass is 32.2. The molecule has 2 aromatic rings. The predicted molar refractivity (Wildman–Crippen MR) is 102 cm³/mol. The van der Waals surface area contributed by atoms with Gasteiger partial charge in [-0.3, -0.25) is 9.59 Å². The van der Waals surface area contributed by atoms with Gasteiger partial charge in [-0.05, 0) is 42.3 Å². The number of ether oxygens (including phenoxy) is 2. The quantitative estimate of drug-likeness (QED) is 0.539. The second-order valence-electron chi connectivity index (χ2n) is 5.80. The zero-order valence-corrected chi connectivity index (χ0v) is 16.0. The normalized spacial score (nSPS) is 10.9. The van der Waals surface area contributed by atoms with Crippen molar-refractivity contribution in [1.29, 1.82) is 0 Å². The Hall–Kier alpha value is -3.11. The molecule has 0 fully saturated rings. The van der Waals surface area contributed by atoms with Crippen LogP contribution in [-0.4, -0.2) is 40.5 Å². The number of primary sulfonamides is 1. The molecule has 0 aliphatic rings. The number of methoxy groups -OCH3 is 1. The first-order valence-corrected chi connectivity index (χ1v) is 9.74. The van der Waals surface area contributed by atoms with Crippen LogP contribution < -0.4 is 25.7 Å². The Bertz CT molecular complexity index is 958. The number of nitrogens with two attached hydrogens (primary N) is 2. The third kappa shape index (κ3) is 5.96. The lowest BCUT2D eigenvalue weighted by Gasteiger charge is -2.11. The second kappa shape index (κ2) is 9.20. The minimum Gasteiger partial charge on any atom is -0.497 e. The van der Waals surface area contributed by atoms with Gasteiger partial charge < -0.3 is 20.5 Å². The largest absolute Gasteiger partial charge is 0.497 e. The molecule has 9 nitrogen and oxygen atoms in total. The number of hydrogen-bond acceptors (Lipinski definition) is 6. The van der Waals surface area contributed by atoms with Crippen LogP contribution in [0.15, 0.2) is 47.4 Å². The van der Waals surface area contributed by atoms with Crippen molar-refractivity contribution in [1.82, 2.24) is 5.32 Å². The number of benzene rings is 2. The zero-order chi connectivity index (χ0) is 20.7. The van der Waals surface area contributed by atoms with Gasteiger partial charge in [0.2, 0.25) is 10.0 Å². The maximum absolute atomic E-state index is 11.9. The summed E-state index contributed by atoms with van der Waals surface area (Å²) in [6, 6.07) is 10.6. The van der Waals surface area contributed by atoms with E-state index >= 15 is 0 Å². The van der Waals surface area contributed by atoms with E-state index in [1.165, 1.54) is 31.4 Å². The minimum atomic E-state index is -3.73. The van der Waals surface area contributed by atoms with E-state index in [1.54, 1.807) is 18.2 Å². The van der Waals surface area contributed by atoms with Gasteiger partial charge in [0.15, 0.2) is 6.61 Å². The Labute approximate surface area is 162 Å². The maximum atomic E-state index is 11.9. The van der Waals surface area contributed by atoms with E-state index in [4.69, 9.17) is 20.3 Å². The van der Waals surface area contributed by atoms with Crippen molar-refractivity contribution in [2.24, 2.45) is 10.9 Å². The molecule has 0 bridgehead atoms. The molecule has 0 aliphatic heterocycles. The van der Waals surface area contributed by atoms with E-state index in [2.05, 4.69) is 5.32 Å². The van der Waals surface area contributed by atoms with E-state index in [-0.39, 0.29) is 28.7 Å². The molecule has 10 heteroatoms. The van der Waals surface area contributed by atoms with Gasteiger partial charge in [-0.25, -0.2) is 13.6 Å². The van der Waals surface area contributed by atoms with Crippen LogP contribution in [0.1, 0.15) is 15.9 Å². The van der Waals surface area contributed by atoms with E-state index in [1.807, 2.05) is 0 Å². The Morgan fingerprint density at radius 2 is 1.79 bits per heavy atom. The maximum Gasteiger partial charge on any atom is 0.257 e. The number of carbonyl (C=O) groups excluding carboxylic acids is 2. The lowest BCUT2D eigenvalue weighted by molar-refractivity contribution is -0.123. The third-order valence-corrected chi connectivity index (χ3v) is 4.73. The lowest BCUT2D eigenvalue weighted by Crippen LogP contribution is -2.31. The number of amides is 2. The number of nitrogens with one attached hydrogen (secondary N) is 1. The first-order chi connectivity index (χ1) is 13.2. The van der Waals surface area contributed by atoms with Gasteiger partial charge in [0.05, 0.1) is 17.6 Å². The fourth-order valence-electron chi connectivity index (χ4n) is 2.34. The molecule has 5 N–H and O–H groups in total. The monoisotopic (exact) mass is 407 g/mol. The predicted octanol–water partition coefficient (Wildman–Crippen LogP) is 0.179. The summed E-state index contributed by atoms with van der Waals surface area (Å²) in [6.07, 6.45) is 0.492. The summed E-state index contributed by atoms with van der Waals surface area (Å²) in [5, 5.41) is 7.71. The molecule has 2 amide bonds. The molecule has 150 valence electrons. The van der Waals surface area contributed by atoms with Crippen molar-refractivity contribution in [3.63, 3.8) is 0 Å². The van der Waals surface area contributed by atoms with Crippen molar-refractivity contribution in [3.05, 3.63) is 53.6 Å². The molecule has 0 aliphatic carbocycles. The van der Waals surface area contributed by atoms with Crippen LogP contribution in [0, 0.1) is 0 Å². The van der Waals surface area contributed by atoms with Gasteiger partial charge in [-0.15, -0.1) is 0 Å². The molecule has 2 aromatic carbocycles. The zero-order valence-electron chi connectivity index (χ0n) is 15.2. The molecule has 0 heterocycles. The molecule has 0 aromatic heterocycles. The topological polar surface area (TPSA) is 151 Å². The van der Waals surface area contributed by atoms with Crippen LogP contribution in [0.3, 0.4) is 0 Å². The van der Waals surface area contributed by atoms with Crippen molar-refractivity contribution in [2.45, 2.75) is 11.3 Å². The number of primary amides is 1. The fourth-order valence-corrected chi connectivity index (χ4v) is 2.86. The van der Waals surface area contributed by atoms with E-state index in [9.17, 15) is 18.0 Å². The van der Waals surface area contributed by atoms with Crippen molar-refractivity contribution < 1.29 is 27.5 Å². The van der Waals surface area contributed by atoms with Crippen LogP contribution in [0.25, 0.3) is 0 Å². The Balaban J connectivity index is 1.84. The third-order valence-electron chi connectivity index (χ3n) is 3.80. The van der Waals surface area contributed by atoms with Gasteiger partial charge >= 0.3 is 0 Å². The Morgan fingerprint density at radius 3 is 2.36 bits per heavy atom. The summed E-state index contributed by atoms with van der Waals surface area (Å²) < 4.78 is 32.8. The SMILES string of the molecule is COc1ccc(OCC(=O)NCCc2ccc(S(N)(=O)=O)cc2)c(C(N)=O)c1. The Morgan fingerprint density at radius 1 is 1.11 bits per heavy atom. The summed E-state index contributed by atoms with van der Waals surface area (Å²) in [6.45, 7) is 0.0270. The molecule has 28 heavy (non-hydrogen) atoms. The highest BCUT2D eigenvalue weighted by Crippen LogP contribution is 2.23. The second-order valence-corrected chi connectivity index (χ2v) is 7.37. The Kier molecular flexibility index (Phi) is 6.96. The summed E-state index contributed by atoms with van der Waals surface area (Å²) in [7, 11) is -2.27. The molecular weight excluding hydrogens is 386 g/mol. The van der Waals surface area contributed by atoms with Crippen LogP contribution in [0.2, 0.25) is 0 Å². The van der Waals surface area contributed by atoms with E-state index < -0.39 is 15.9 Å². The van der Waals surface area contributed by atoms with E-state index in [0.717, 1.165) is 5.56 Å². The highest BCUT2D eigenvalue weighted by Gasteiger charge is 2.13. The summed E-state index contributed by atoms with van der Waals surface area (Å²) in [4.78, 5) is 23.4. The molecule has 0 spiro atoms.